The van der Waals surface area contributed by atoms with Crippen molar-refractivity contribution in [2.24, 2.45) is 0 Å². The van der Waals surface area contributed by atoms with E-state index in [-0.39, 0.29) is 17.5 Å². The number of nitrogens with zero attached hydrogens (tertiary/aromatic N) is 3. The first-order valence-corrected chi connectivity index (χ1v) is 8.98. The topological polar surface area (TPSA) is 92.7 Å². The molecule has 0 fully saturated rings. The molecular formula is C12H9ClN4OS3. The fourth-order valence-electron chi connectivity index (χ4n) is 1.45. The smallest absolute Gasteiger partial charge is 0.222 e. The lowest BCUT2D eigenvalue weighted by Crippen LogP contribution is -2.04. The lowest BCUT2D eigenvalue weighted by molar-refractivity contribution is 0.102. The number of Topliss-reactive ketones (excluding diaryl/α,β-unsaturated/α-hetero) is 1. The van der Waals surface area contributed by atoms with Crippen molar-refractivity contribution in [1.29, 1.82) is 5.26 Å². The van der Waals surface area contributed by atoms with Crippen molar-refractivity contribution in [2.45, 2.75) is 10.1 Å². The largest absolute Gasteiger partial charge is 0.368 e. The van der Waals surface area contributed by atoms with E-state index in [0.29, 0.717) is 24.8 Å². The molecule has 2 N–H and O–H groups in total. The summed E-state index contributed by atoms with van der Waals surface area (Å²) in [5.74, 6) is 0.187. The van der Waals surface area contributed by atoms with Crippen LogP contribution in [0.25, 0.3) is 0 Å². The molecule has 0 aliphatic carbocycles. The maximum atomic E-state index is 12.0. The minimum Gasteiger partial charge on any atom is -0.368 e. The van der Waals surface area contributed by atoms with E-state index in [1.807, 2.05) is 0 Å². The van der Waals surface area contributed by atoms with Gasteiger partial charge in [-0.15, -0.1) is 23.1 Å². The molecule has 0 aliphatic heterocycles. The molecule has 0 atom stereocenters. The molecule has 0 saturated heterocycles. The Kier molecular flexibility index (Phi) is 5.47. The normalized spacial score (nSPS) is 10.3. The van der Waals surface area contributed by atoms with Gasteiger partial charge in [-0.2, -0.15) is 5.26 Å². The SMILES string of the molecule is CSc1nc(N)nc(SCC(=O)c2ccc(Cl)s2)c1C#N. The second kappa shape index (κ2) is 7.13. The molecule has 2 aromatic rings. The van der Waals surface area contributed by atoms with Gasteiger partial charge in [-0.1, -0.05) is 23.4 Å². The Bertz CT molecular complexity index is 726. The number of anilines is 1. The molecule has 0 unspecified atom stereocenters. The highest BCUT2D eigenvalue weighted by atomic mass is 35.5. The Morgan fingerprint density at radius 1 is 1.48 bits per heavy atom. The minimum absolute atomic E-state index is 0.0660. The van der Waals surface area contributed by atoms with Gasteiger partial charge in [0.05, 0.1) is 15.0 Å². The number of hydrogen-bond donors (Lipinski definition) is 1. The number of thioether (sulfide) groups is 2. The number of thiophene rings is 1. The van der Waals surface area contributed by atoms with Gasteiger partial charge in [0.2, 0.25) is 5.95 Å². The zero-order valence-electron chi connectivity index (χ0n) is 10.8. The van der Waals surface area contributed by atoms with Crippen molar-refractivity contribution in [3.63, 3.8) is 0 Å². The molecular weight excluding hydrogens is 348 g/mol. The highest BCUT2D eigenvalue weighted by molar-refractivity contribution is 8.00. The van der Waals surface area contributed by atoms with E-state index in [0.717, 1.165) is 0 Å². The molecule has 9 heteroatoms. The molecule has 2 heterocycles. The van der Waals surface area contributed by atoms with E-state index < -0.39 is 0 Å². The number of hydrogen-bond acceptors (Lipinski definition) is 8. The van der Waals surface area contributed by atoms with Gasteiger partial charge in [0, 0.05) is 0 Å². The first-order chi connectivity index (χ1) is 10.0. The van der Waals surface area contributed by atoms with E-state index in [2.05, 4.69) is 16.0 Å². The summed E-state index contributed by atoms with van der Waals surface area (Å²) >= 11 is 9.52. The number of nitriles is 1. The van der Waals surface area contributed by atoms with Crippen molar-refractivity contribution in [1.82, 2.24) is 9.97 Å². The molecule has 0 aliphatic rings. The number of aromatic nitrogens is 2. The minimum atomic E-state index is -0.0660. The van der Waals surface area contributed by atoms with Crippen LogP contribution in [0.4, 0.5) is 5.95 Å². The van der Waals surface area contributed by atoms with E-state index in [1.165, 1.54) is 34.9 Å². The molecule has 0 saturated carbocycles. The van der Waals surface area contributed by atoms with E-state index in [4.69, 9.17) is 17.3 Å². The maximum Gasteiger partial charge on any atom is 0.222 e. The molecule has 0 radical (unpaired) electrons. The summed E-state index contributed by atoms with van der Waals surface area (Å²) in [6.45, 7) is 0. The third kappa shape index (κ3) is 3.89. The van der Waals surface area contributed by atoms with Crippen LogP contribution in [0.1, 0.15) is 15.2 Å². The number of halogens is 1. The summed E-state index contributed by atoms with van der Waals surface area (Å²) in [7, 11) is 0. The Balaban J connectivity index is 2.18. The van der Waals surface area contributed by atoms with Gasteiger partial charge in [0.15, 0.2) is 5.78 Å². The lowest BCUT2D eigenvalue weighted by Gasteiger charge is -2.06. The second-order valence-corrected chi connectivity index (χ2v) is 7.17. The number of rotatable bonds is 5. The molecule has 21 heavy (non-hydrogen) atoms. The summed E-state index contributed by atoms with van der Waals surface area (Å²) in [6.07, 6.45) is 1.80. The number of carbonyl (C=O) groups is 1. The van der Waals surface area contributed by atoms with Crippen molar-refractivity contribution in [3.8, 4) is 6.07 Å². The Hall–Kier alpha value is -1.27. The van der Waals surface area contributed by atoms with Gasteiger partial charge in [0.25, 0.3) is 0 Å². The van der Waals surface area contributed by atoms with Crippen LogP contribution in [-0.4, -0.2) is 27.8 Å². The zero-order chi connectivity index (χ0) is 15.4. The molecule has 108 valence electrons. The summed E-state index contributed by atoms with van der Waals surface area (Å²) < 4.78 is 0.567. The summed E-state index contributed by atoms with van der Waals surface area (Å²) in [4.78, 5) is 20.7. The molecule has 0 amide bonds. The third-order valence-corrected chi connectivity index (χ3v) is 5.28. The summed E-state index contributed by atoms with van der Waals surface area (Å²) in [6, 6.07) is 5.42. The Morgan fingerprint density at radius 2 is 2.19 bits per heavy atom. The average molecular weight is 357 g/mol. The van der Waals surface area contributed by atoms with Gasteiger partial charge < -0.3 is 5.73 Å². The lowest BCUT2D eigenvalue weighted by atomic mass is 10.3. The summed E-state index contributed by atoms with van der Waals surface area (Å²) in [5.41, 5.74) is 5.97. The number of nitrogens with two attached hydrogens (primary N) is 1. The summed E-state index contributed by atoms with van der Waals surface area (Å²) in [5, 5.41) is 10.1. The van der Waals surface area contributed by atoms with Crippen LogP contribution < -0.4 is 5.73 Å². The van der Waals surface area contributed by atoms with Gasteiger partial charge >= 0.3 is 0 Å². The van der Waals surface area contributed by atoms with Crippen molar-refractivity contribution in [2.75, 3.05) is 17.7 Å². The number of nitrogen functional groups attached to an aromatic ring is 1. The zero-order valence-corrected chi connectivity index (χ0v) is 14.0. The monoisotopic (exact) mass is 356 g/mol. The van der Waals surface area contributed by atoms with Crippen LogP contribution in [0.3, 0.4) is 0 Å². The predicted molar refractivity (Wildman–Crippen MR) is 87.3 cm³/mol. The first-order valence-electron chi connectivity index (χ1n) is 5.58. The van der Waals surface area contributed by atoms with Crippen LogP contribution in [0.15, 0.2) is 22.2 Å². The van der Waals surface area contributed by atoms with Crippen LogP contribution in [-0.2, 0) is 0 Å². The molecule has 0 spiro atoms. The number of carbonyl (C=O) groups excluding carboxylic acids is 1. The van der Waals surface area contributed by atoms with Gasteiger partial charge in [-0.3, -0.25) is 4.79 Å². The van der Waals surface area contributed by atoms with E-state index >= 15 is 0 Å². The van der Waals surface area contributed by atoms with Crippen molar-refractivity contribution < 1.29 is 4.79 Å². The molecule has 0 aromatic carbocycles. The quantitative estimate of drug-likeness (QED) is 0.498. The van der Waals surface area contributed by atoms with Crippen LogP contribution >= 0.6 is 46.5 Å². The van der Waals surface area contributed by atoms with E-state index in [1.54, 1.807) is 18.4 Å². The van der Waals surface area contributed by atoms with Crippen LogP contribution in [0.5, 0.6) is 0 Å². The predicted octanol–water partition coefficient (Wildman–Crippen LogP) is 3.34. The van der Waals surface area contributed by atoms with Crippen LogP contribution in [0, 0.1) is 11.3 Å². The Labute approximate surface area is 138 Å². The van der Waals surface area contributed by atoms with Crippen molar-refractivity contribution >= 4 is 58.2 Å². The van der Waals surface area contributed by atoms with Gasteiger partial charge in [0.1, 0.15) is 21.7 Å². The third-order valence-electron chi connectivity index (χ3n) is 2.35. The Morgan fingerprint density at radius 3 is 2.76 bits per heavy atom. The highest BCUT2D eigenvalue weighted by Crippen LogP contribution is 2.29. The van der Waals surface area contributed by atoms with Gasteiger partial charge in [-0.25, -0.2) is 9.97 Å². The fourth-order valence-corrected chi connectivity index (χ4v) is 3.99. The fraction of sp³-hybridized carbons (Fsp3) is 0.167. The first kappa shape index (κ1) is 16.1. The second-order valence-electron chi connectivity index (χ2n) is 3.70. The van der Waals surface area contributed by atoms with Crippen molar-refractivity contribution in [3.05, 3.63) is 26.9 Å². The van der Waals surface area contributed by atoms with E-state index in [9.17, 15) is 10.1 Å². The molecule has 2 rings (SSSR count). The standard InChI is InChI=1S/C12H9ClN4OS3/c1-19-10-6(4-14)11(17-12(15)16-10)20-5-7(18)8-2-3-9(13)21-8/h2-3H,5H2,1H3,(H2,15,16,17). The average Bonchev–Trinajstić information content (AvgIpc) is 2.90. The molecule has 2 aromatic heterocycles. The maximum absolute atomic E-state index is 12.0. The number of ketones is 1. The molecule has 5 nitrogen and oxygen atoms in total. The molecule has 0 bridgehead atoms. The van der Waals surface area contributed by atoms with Crippen LogP contribution in [0.2, 0.25) is 4.34 Å². The van der Waals surface area contributed by atoms with Gasteiger partial charge in [-0.05, 0) is 18.4 Å². The highest BCUT2D eigenvalue weighted by Gasteiger charge is 2.16.